The van der Waals surface area contributed by atoms with E-state index in [2.05, 4.69) is 10.2 Å². The first-order valence-corrected chi connectivity index (χ1v) is 8.81. The molecule has 3 heterocycles. The summed E-state index contributed by atoms with van der Waals surface area (Å²) in [5, 5.41) is 6.70. The van der Waals surface area contributed by atoms with Crippen molar-refractivity contribution in [2.24, 2.45) is 5.92 Å². The predicted molar refractivity (Wildman–Crippen MR) is 91.7 cm³/mol. The summed E-state index contributed by atoms with van der Waals surface area (Å²) in [5.74, 6) is -0.0941. The number of ether oxygens (including phenoxy) is 1. The van der Waals surface area contributed by atoms with E-state index < -0.39 is 5.82 Å². The summed E-state index contributed by atoms with van der Waals surface area (Å²) in [5.41, 5.74) is 1.63. The number of fused-ring (bicyclic) bond motifs is 1. The number of carbonyl (C=O) groups is 2. The minimum atomic E-state index is -0.441. The van der Waals surface area contributed by atoms with Gasteiger partial charge in [-0.15, -0.1) is 0 Å². The Morgan fingerprint density at radius 3 is 3.04 bits per heavy atom. The average Bonchev–Trinajstić information content (AvgIpc) is 3.07. The van der Waals surface area contributed by atoms with Crippen molar-refractivity contribution in [1.29, 1.82) is 0 Å². The van der Waals surface area contributed by atoms with Gasteiger partial charge in [-0.2, -0.15) is 5.10 Å². The Morgan fingerprint density at radius 1 is 1.42 bits per heavy atom. The van der Waals surface area contributed by atoms with Gasteiger partial charge in [0.15, 0.2) is 5.78 Å². The van der Waals surface area contributed by atoms with Gasteiger partial charge in [0.2, 0.25) is 0 Å². The molecule has 1 fully saturated rings. The number of ketones is 1. The van der Waals surface area contributed by atoms with Gasteiger partial charge in [0.1, 0.15) is 17.7 Å². The van der Waals surface area contributed by atoms with Crippen LogP contribution in [0.4, 0.5) is 4.39 Å². The number of hydrogen-bond donors (Lipinski definition) is 1. The van der Waals surface area contributed by atoms with Crippen molar-refractivity contribution in [3.05, 3.63) is 47.0 Å². The van der Waals surface area contributed by atoms with E-state index in [1.807, 2.05) is 6.92 Å². The molecule has 1 amide bonds. The van der Waals surface area contributed by atoms with E-state index in [1.165, 1.54) is 18.2 Å². The number of aromatic amines is 1. The summed E-state index contributed by atoms with van der Waals surface area (Å²) in [6.45, 7) is 3.04. The number of H-pyrrole nitrogens is 1. The zero-order valence-corrected chi connectivity index (χ0v) is 14.5. The molecule has 0 radical (unpaired) electrons. The number of halogens is 1. The Labute approximate surface area is 150 Å². The molecular formula is C19H20FN3O3. The highest BCUT2D eigenvalue weighted by Crippen LogP contribution is 2.34. The minimum Gasteiger partial charge on any atom is -0.489 e. The third-order valence-electron chi connectivity index (χ3n) is 5.24. The standard InChI is InChI=1S/C19H20FN3O3/c1-11-15(9-21-22-11)19(25)23-6-2-3-12(10-23)18-8-16(24)14-7-13(20)4-5-17(14)26-18/h4-5,7,9,12,18H,2-3,6,8,10H2,1H3,(H,21,22). The average molecular weight is 357 g/mol. The number of aryl methyl sites for hydroxylation is 1. The normalized spacial score (nSPS) is 22.7. The zero-order valence-electron chi connectivity index (χ0n) is 14.5. The molecule has 1 saturated heterocycles. The van der Waals surface area contributed by atoms with Gasteiger partial charge in [-0.25, -0.2) is 4.39 Å². The van der Waals surface area contributed by atoms with Crippen molar-refractivity contribution in [2.45, 2.75) is 32.3 Å². The summed E-state index contributed by atoms with van der Waals surface area (Å²) in [4.78, 5) is 26.9. The molecule has 2 aromatic rings. The van der Waals surface area contributed by atoms with Crippen molar-refractivity contribution in [2.75, 3.05) is 13.1 Å². The van der Waals surface area contributed by atoms with E-state index in [0.29, 0.717) is 30.0 Å². The SMILES string of the molecule is Cc1[nH]ncc1C(=O)N1CCCC(C2CC(=O)c3cc(F)ccc3O2)C1. The number of nitrogens with zero attached hydrogens (tertiary/aromatic N) is 2. The molecule has 0 spiro atoms. The first kappa shape index (κ1) is 16.8. The molecular weight excluding hydrogens is 337 g/mol. The fourth-order valence-corrected chi connectivity index (χ4v) is 3.82. The highest BCUT2D eigenvalue weighted by molar-refractivity contribution is 6.00. The first-order valence-electron chi connectivity index (χ1n) is 8.81. The molecule has 4 rings (SSSR count). The summed E-state index contributed by atoms with van der Waals surface area (Å²) in [6, 6.07) is 4.04. The number of rotatable bonds is 2. The Kier molecular flexibility index (Phi) is 4.22. The lowest BCUT2D eigenvalue weighted by Gasteiger charge is -2.38. The van der Waals surface area contributed by atoms with Gasteiger partial charge >= 0.3 is 0 Å². The molecule has 2 aliphatic heterocycles. The van der Waals surface area contributed by atoms with Crippen molar-refractivity contribution in [3.8, 4) is 5.75 Å². The largest absolute Gasteiger partial charge is 0.489 e. The van der Waals surface area contributed by atoms with Crippen LogP contribution in [0.5, 0.6) is 5.75 Å². The van der Waals surface area contributed by atoms with E-state index in [-0.39, 0.29) is 30.1 Å². The van der Waals surface area contributed by atoms with Gasteiger partial charge in [-0.3, -0.25) is 14.7 Å². The van der Waals surface area contributed by atoms with Crippen LogP contribution in [0, 0.1) is 18.7 Å². The molecule has 2 atom stereocenters. The van der Waals surface area contributed by atoms with Crippen LogP contribution in [-0.2, 0) is 0 Å². The molecule has 2 unspecified atom stereocenters. The summed E-state index contributed by atoms with van der Waals surface area (Å²) in [7, 11) is 0. The number of piperidine rings is 1. The van der Waals surface area contributed by atoms with Crippen LogP contribution in [0.25, 0.3) is 0 Å². The zero-order chi connectivity index (χ0) is 18.3. The Balaban J connectivity index is 1.50. The molecule has 6 nitrogen and oxygen atoms in total. The fourth-order valence-electron chi connectivity index (χ4n) is 3.82. The molecule has 26 heavy (non-hydrogen) atoms. The number of amides is 1. The Morgan fingerprint density at radius 2 is 2.27 bits per heavy atom. The highest BCUT2D eigenvalue weighted by Gasteiger charge is 2.36. The quantitative estimate of drug-likeness (QED) is 0.897. The maximum Gasteiger partial charge on any atom is 0.257 e. The highest BCUT2D eigenvalue weighted by atomic mass is 19.1. The first-order chi connectivity index (χ1) is 12.5. The van der Waals surface area contributed by atoms with Gasteiger partial charge in [0.05, 0.1) is 17.3 Å². The van der Waals surface area contributed by atoms with Crippen LogP contribution in [0.3, 0.4) is 0 Å². The number of Topliss-reactive ketones (excluding diaryl/α,β-unsaturated/α-hetero) is 1. The van der Waals surface area contributed by atoms with Gasteiger partial charge < -0.3 is 9.64 Å². The van der Waals surface area contributed by atoms with Gasteiger partial charge in [-0.05, 0) is 38.0 Å². The van der Waals surface area contributed by atoms with Crippen LogP contribution >= 0.6 is 0 Å². The van der Waals surface area contributed by atoms with E-state index >= 15 is 0 Å². The topological polar surface area (TPSA) is 75.3 Å². The Hall–Kier alpha value is -2.70. The van der Waals surface area contributed by atoms with E-state index in [1.54, 1.807) is 11.1 Å². The van der Waals surface area contributed by atoms with E-state index in [0.717, 1.165) is 18.5 Å². The van der Waals surface area contributed by atoms with E-state index in [4.69, 9.17) is 4.74 Å². The monoisotopic (exact) mass is 357 g/mol. The number of hydrogen-bond acceptors (Lipinski definition) is 4. The lowest BCUT2D eigenvalue weighted by molar-refractivity contribution is 0.0408. The third-order valence-corrected chi connectivity index (χ3v) is 5.24. The lowest BCUT2D eigenvalue weighted by Crippen LogP contribution is -2.46. The molecule has 0 saturated carbocycles. The lowest BCUT2D eigenvalue weighted by atomic mass is 9.86. The predicted octanol–water partition coefficient (Wildman–Crippen LogP) is 2.74. The van der Waals surface area contributed by atoms with Crippen LogP contribution in [0.1, 0.15) is 45.7 Å². The molecule has 0 bridgehead atoms. The molecule has 136 valence electrons. The molecule has 2 aliphatic rings. The van der Waals surface area contributed by atoms with Crippen molar-refractivity contribution >= 4 is 11.7 Å². The second-order valence-corrected chi connectivity index (χ2v) is 6.99. The van der Waals surface area contributed by atoms with Gasteiger partial charge in [0, 0.05) is 31.1 Å². The Bertz CT molecular complexity index is 863. The van der Waals surface area contributed by atoms with Crippen molar-refractivity contribution in [3.63, 3.8) is 0 Å². The van der Waals surface area contributed by atoms with Crippen molar-refractivity contribution in [1.82, 2.24) is 15.1 Å². The minimum absolute atomic E-state index is 0.0504. The second-order valence-electron chi connectivity index (χ2n) is 6.99. The second kappa shape index (κ2) is 6.55. The van der Waals surface area contributed by atoms with Crippen LogP contribution in [-0.4, -0.2) is 46.0 Å². The van der Waals surface area contributed by atoms with Crippen LogP contribution in [0.15, 0.2) is 24.4 Å². The molecule has 0 aliphatic carbocycles. The number of aromatic nitrogens is 2. The van der Waals surface area contributed by atoms with E-state index in [9.17, 15) is 14.0 Å². The summed E-state index contributed by atoms with van der Waals surface area (Å²) in [6.07, 6.45) is 3.22. The van der Waals surface area contributed by atoms with Gasteiger partial charge in [-0.1, -0.05) is 0 Å². The fraction of sp³-hybridized carbons (Fsp3) is 0.421. The van der Waals surface area contributed by atoms with Crippen LogP contribution in [0.2, 0.25) is 0 Å². The summed E-state index contributed by atoms with van der Waals surface area (Å²) >= 11 is 0. The number of likely N-dealkylation sites (tertiary alicyclic amines) is 1. The van der Waals surface area contributed by atoms with Gasteiger partial charge in [0.25, 0.3) is 5.91 Å². The van der Waals surface area contributed by atoms with Crippen molar-refractivity contribution < 1.29 is 18.7 Å². The molecule has 1 aromatic heterocycles. The maximum atomic E-state index is 13.4. The number of nitrogens with one attached hydrogen (secondary N) is 1. The molecule has 1 aromatic carbocycles. The number of benzene rings is 1. The molecule has 1 N–H and O–H groups in total. The smallest absolute Gasteiger partial charge is 0.257 e. The third kappa shape index (κ3) is 2.98. The number of carbonyl (C=O) groups excluding carboxylic acids is 2. The van der Waals surface area contributed by atoms with Crippen LogP contribution < -0.4 is 4.74 Å². The molecule has 7 heteroatoms. The summed E-state index contributed by atoms with van der Waals surface area (Å²) < 4.78 is 19.4. The maximum absolute atomic E-state index is 13.4.